The van der Waals surface area contributed by atoms with E-state index < -0.39 is 11.9 Å². The molecule has 5 rings (SSSR count). The Bertz CT molecular complexity index is 1400. The van der Waals surface area contributed by atoms with Gasteiger partial charge < -0.3 is 14.8 Å². The van der Waals surface area contributed by atoms with Gasteiger partial charge in [0.2, 0.25) is 0 Å². The molecule has 3 aromatic carbocycles. The van der Waals surface area contributed by atoms with Crippen LogP contribution >= 0.6 is 0 Å². The summed E-state index contributed by atoms with van der Waals surface area (Å²) in [6.07, 6.45) is 1.14. The summed E-state index contributed by atoms with van der Waals surface area (Å²) in [5.41, 5.74) is 5.24. The van der Waals surface area contributed by atoms with E-state index in [0.29, 0.717) is 35.6 Å². The lowest BCUT2D eigenvalue weighted by Crippen LogP contribution is -2.38. The summed E-state index contributed by atoms with van der Waals surface area (Å²) in [7, 11) is 0. The Morgan fingerprint density at radius 2 is 1.47 bits per heavy atom. The van der Waals surface area contributed by atoms with Gasteiger partial charge in [-0.2, -0.15) is 0 Å². The highest BCUT2D eigenvalue weighted by Gasteiger charge is 2.44. The van der Waals surface area contributed by atoms with Crippen LogP contribution in [0, 0.1) is 5.41 Å². The van der Waals surface area contributed by atoms with E-state index >= 15 is 0 Å². The lowest BCUT2D eigenvalue weighted by atomic mass is 9.68. The molecule has 2 aliphatic rings. The number of hydrogen-bond acceptors (Lipinski definition) is 5. The molecule has 5 heteroatoms. The molecule has 0 unspecified atom stereocenters. The van der Waals surface area contributed by atoms with E-state index in [4.69, 9.17) is 9.47 Å². The number of carbonyl (C=O) groups excluding carboxylic acids is 2. The molecular weight excluding hydrogens is 474 g/mol. The molecule has 0 bridgehead atoms. The Hall–Kier alpha value is -4.12. The molecule has 0 radical (unpaired) electrons. The molecule has 0 saturated carbocycles. The standard InChI is InChI=1S/C33H33NO4/c1-22-29(32(36)38-21-24-14-8-5-9-15-24)30(31-26(34-22)18-33(2,3)19-27(31)35)25-16-10-11-17-28(25)37-20-23-12-6-4-7-13-23/h4-17,30,34H,18-21H2,1-3H3/t30-/m1/s1. The van der Waals surface area contributed by atoms with Crippen molar-refractivity contribution in [2.45, 2.75) is 52.7 Å². The number of Topliss-reactive ketones (excluding diaryl/α,β-unsaturated/α-hetero) is 1. The average molecular weight is 508 g/mol. The topological polar surface area (TPSA) is 64.6 Å². The first-order valence-electron chi connectivity index (χ1n) is 13.0. The maximum absolute atomic E-state index is 13.7. The maximum Gasteiger partial charge on any atom is 0.337 e. The number of allylic oxidation sites excluding steroid dienone is 3. The molecule has 194 valence electrons. The van der Waals surface area contributed by atoms with Gasteiger partial charge in [-0.05, 0) is 36.0 Å². The lowest BCUT2D eigenvalue weighted by Gasteiger charge is -2.39. The highest BCUT2D eigenvalue weighted by atomic mass is 16.5. The number of benzene rings is 3. The van der Waals surface area contributed by atoms with E-state index in [9.17, 15) is 9.59 Å². The number of rotatable bonds is 7. The van der Waals surface area contributed by atoms with E-state index in [2.05, 4.69) is 19.2 Å². The number of carbonyl (C=O) groups is 2. The first-order valence-corrected chi connectivity index (χ1v) is 13.0. The van der Waals surface area contributed by atoms with Crippen LogP contribution < -0.4 is 10.1 Å². The van der Waals surface area contributed by atoms with Crippen LogP contribution in [0.15, 0.2) is 107 Å². The summed E-state index contributed by atoms with van der Waals surface area (Å²) in [5.74, 6) is -0.322. The van der Waals surface area contributed by atoms with Crippen LogP contribution in [0.2, 0.25) is 0 Å². The minimum absolute atomic E-state index is 0.0486. The number of esters is 1. The molecule has 1 atom stereocenters. The fourth-order valence-corrected chi connectivity index (χ4v) is 5.40. The second-order valence-corrected chi connectivity index (χ2v) is 10.8. The van der Waals surface area contributed by atoms with Crippen LogP contribution in [-0.2, 0) is 27.5 Å². The molecule has 1 N–H and O–H groups in total. The van der Waals surface area contributed by atoms with Gasteiger partial charge in [0.05, 0.1) is 11.5 Å². The van der Waals surface area contributed by atoms with E-state index in [-0.39, 0.29) is 17.8 Å². The molecule has 0 fully saturated rings. The van der Waals surface area contributed by atoms with Gasteiger partial charge in [-0.25, -0.2) is 4.79 Å². The summed E-state index contributed by atoms with van der Waals surface area (Å²) < 4.78 is 12.1. The van der Waals surface area contributed by atoms with Crippen molar-refractivity contribution in [3.8, 4) is 5.75 Å². The quantitative estimate of drug-likeness (QED) is 0.365. The van der Waals surface area contributed by atoms with Gasteiger partial charge in [0.15, 0.2) is 5.78 Å². The van der Waals surface area contributed by atoms with Crippen LogP contribution in [0.5, 0.6) is 5.75 Å². The summed E-state index contributed by atoms with van der Waals surface area (Å²) in [6.45, 7) is 6.62. The third-order valence-electron chi connectivity index (χ3n) is 7.14. The Morgan fingerprint density at radius 1 is 0.868 bits per heavy atom. The molecular formula is C33H33NO4. The largest absolute Gasteiger partial charge is 0.489 e. The lowest BCUT2D eigenvalue weighted by molar-refractivity contribution is -0.140. The molecule has 5 nitrogen and oxygen atoms in total. The van der Waals surface area contributed by atoms with Crippen molar-refractivity contribution in [1.29, 1.82) is 0 Å². The first-order chi connectivity index (χ1) is 18.3. The number of hydrogen-bond donors (Lipinski definition) is 1. The molecule has 0 saturated heterocycles. The van der Waals surface area contributed by atoms with E-state index in [1.807, 2.05) is 91.9 Å². The van der Waals surface area contributed by atoms with Gasteiger partial charge in [-0.15, -0.1) is 0 Å². The number of para-hydroxylation sites is 1. The maximum atomic E-state index is 13.7. The summed E-state index contributed by atoms with van der Waals surface area (Å²) in [6, 6.07) is 27.2. The van der Waals surface area contributed by atoms with Crippen LogP contribution in [0.1, 0.15) is 56.2 Å². The number of ether oxygens (including phenoxy) is 2. The first kappa shape index (κ1) is 25.5. The van der Waals surface area contributed by atoms with Gasteiger partial charge in [0.25, 0.3) is 0 Å². The Kier molecular flexibility index (Phi) is 7.19. The Labute approximate surface area is 224 Å². The number of nitrogens with one attached hydrogen (secondary N) is 1. The molecule has 1 aliphatic heterocycles. The van der Waals surface area contributed by atoms with Crippen LogP contribution in [0.4, 0.5) is 0 Å². The van der Waals surface area contributed by atoms with Crippen molar-refractivity contribution in [3.05, 3.63) is 124 Å². The predicted molar refractivity (Wildman–Crippen MR) is 147 cm³/mol. The van der Waals surface area contributed by atoms with Gasteiger partial charge in [0.1, 0.15) is 19.0 Å². The normalized spacial score (nSPS) is 18.5. The SMILES string of the molecule is CC1=C(C(=O)OCc2ccccc2)[C@@H](c2ccccc2OCc2ccccc2)C2=C(CC(C)(C)CC2=O)N1. The highest BCUT2D eigenvalue weighted by molar-refractivity contribution is 6.04. The zero-order chi connectivity index (χ0) is 26.7. The molecule has 1 aliphatic carbocycles. The summed E-state index contributed by atoms with van der Waals surface area (Å²) >= 11 is 0. The Balaban J connectivity index is 1.54. The van der Waals surface area contributed by atoms with E-state index in [0.717, 1.165) is 28.8 Å². The van der Waals surface area contributed by atoms with Crippen molar-refractivity contribution >= 4 is 11.8 Å². The van der Waals surface area contributed by atoms with Crippen molar-refractivity contribution < 1.29 is 19.1 Å². The predicted octanol–water partition coefficient (Wildman–Crippen LogP) is 6.61. The van der Waals surface area contributed by atoms with Crippen LogP contribution in [0.25, 0.3) is 0 Å². The van der Waals surface area contributed by atoms with Crippen LogP contribution in [0.3, 0.4) is 0 Å². The smallest absolute Gasteiger partial charge is 0.337 e. The second-order valence-electron chi connectivity index (χ2n) is 10.8. The van der Waals surface area contributed by atoms with Crippen molar-refractivity contribution in [2.75, 3.05) is 0 Å². The average Bonchev–Trinajstić information content (AvgIpc) is 2.90. The van der Waals surface area contributed by atoms with Crippen molar-refractivity contribution in [2.24, 2.45) is 5.41 Å². The molecule has 0 aromatic heterocycles. The monoisotopic (exact) mass is 507 g/mol. The van der Waals surface area contributed by atoms with Crippen LogP contribution in [-0.4, -0.2) is 11.8 Å². The van der Waals surface area contributed by atoms with E-state index in [1.54, 1.807) is 0 Å². The van der Waals surface area contributed by atoms with Gasteiger partial charge in [-0.1, -0.05) is 92.7 Å². The van der Waals surface area contributed by atoms with Gasteiger partial charge in [0, 0.05) is 29.0 Å². The van der Waals surface area contributed by atoms with Gasteiger partial charge in [-0.3, -0.25) is 4.79 Å². The highest BCUT2D eigenvalue weighted by Crippen LogP contribution is 2.48. The molecule has 38 heavy (non-hydrogen) atoms. The fourth-order valence-electron chi connectivity index (χ4n) is 5.40. The second kappa shape index (κ2) is 10.7. The van der Waals surface area contributed by atoms with Gasteiger partial charge >= 0.3 is 5.97 Å². The summed E-state index contributed by atoms with van der Waals surface area (Å²) in [5, 5.41) is 3.41. The third-order valence-corrected chi connectivity index (χ3v) is 7.14. The zero-order valence-electron chi connectivity index (χ0n) is 22.1. The minimum Gasteiger partial charge on any atom is -0.489 e. The number of dihydropyridines is 1. The van der Waals surface area contributed by atoms with Crippen molar-refractivity contribution in [1.82, 2.24) is 5.32 Å². The summed E-state index contributed by atoms with van der Waals surface area (Å²) in [4.78, 5) is 27.3. The number of ketones is 1. The molecule has 0 amide bonds. The fraction of sp³-hybridized carbons (Fsp3) is 0.273. The third kappa shape index (κ3) is 5.42. The van der Waals surface area contributed by atoms with E-state index in [1.165, 1.54) is 0 Å². The Morgan fingerprint density at radius 3 is 2.16 bits per heavy atom. The molecule has 1 heterocycles. The minimum atomic E-state index is -0.579. The van der Waals surface area contributed by atoms with Crippen molar-refractivity contribution in [3.63, 3.8) is 0 Å². The zero-order valence-corrected chi connectivity index (χ0v) is 22.1. The molecule has 3 aromatic rings. The molecule has 0 spiro atoms.